The van der Waals surface area contributed by atoms with Crippen molar-refractivity contribution in [2.75, 3.05) is 4.90 Å². The summed E-state index contributed by atoms with van der Waals surface area (Å²) in [7, 11) is 0. The molecule has 2 fully saturated rings. The van der Waals surface area contributed by atoms with E-state index in [0.717, 1.165) is 16.0 Å². The molecule has 2 amide bonds. The third-order valence-corrected chi connectivity index (χ3v) is 7.41. The summed E-state index contributed by atoms with van der Waals surface area (Å²) < 4.78 is 0. The number of Topliss-reactive ketones (excluding diaryl/α,β-unsaturated/α-hetero) is 1. The van der Waals surface area contributed by atoms with Crippen molar-refractivity contribution in [2.45, 2.75) is 12.1 Å². The van der Waals surface area contributed by atoms with Crippen molar-refractivity contribution >= 4 is 46.6 Å². The molecule has 0 radical (unpaired) electrons. The Morgan fingerprint density at radius 1 is 0.917 bits per heavy atom. The summed E-state index contributed by atoms with van der Waals surface area (Å²) in [4.78, 5) is 55.1. The SMILES string of the molecule is O=C(c1ccc(Cl)cc1)[C@@H]1[C@@H]2C(=O)N(c3cccc([N+](=O)[O-])c3)C(=O)[C@@H]2[C@@H]2c3ccccc3C=CN12. The Labute approximate surface area is 210 Å². The maximum atomic E-state index is 13.8. The fourth-order valence-electron chi connectivity index (χ4n) is 5.64. The summed E-state index contributed by atoms with van der Waals surface area (Å²) in [5.41, 5.74) is 2.03. The molecule has 2 saturated heterocycles. The highest BCUT2D eigenvalue weighted by atomic mass is 35.5. The maximum Gasteiger partial charge on any atom is 0.271 e. The zero-order chi connectivity index (χ0) is 25.1. The molecule has 9 heteroatoms. The molecule has 0 saturated carbocycles. The number of benzene rings is 3. The first-order valence-electron chi connectivity index (χ1n) is 11.3. The van der Waals surface area contributed by atoms with Crippen LogP contribution in [0.5, 0.6) is 0 Å². The van der Waals surface area contributed by atoms with Gasteiger partial charge in [0.25, 0.3) is 5.69 Å². The largest absolute Gasteiger partial charge is 0.358 e. The van der Waals surface area contributed by atoms with Gasteiger partial charge in [-0.2, -0.15) is 0 Å². The number of hydrogen-bond donors (Lipinski definition) is 0. The van der Waals surface area contributed by atoms with E-state index in [4.69, 9.17) is 11.6 Å². The summed E-state index contributed by atoms with van der Waals surface area (Å²) in [5.74, 6) is -3.10. The fraction of sp³-hybridized carbons (Fsp3) is 0.148. The first kappa shape index (κ1) is 22.2. The number of rotatable bonds is 4. The fourth-order valence-corrected chi connectivity index (χ4v) is 5.77. The lowest BCUT2D eigenvalue weighted by atomic mass is 9.83. The van der Waals surface area contributed by atoms with Gasteiger partial charge in [0.2, 0.25) is 11.8 Å². The molecule has 178 valence electrons. The average molecular weight is 500 g/mol. The first-order chi connectivity index (χ1) is 17.4. The van der Waals surface area contributed by atoms with Gasteiger partial charge in [0.1, 0.15) is 6.04 Å². The number of nitrogens with zero attached hydrogens (tertiary/aromatic N) is 3. The van der Waals surface area contributed by atoms with Gasteiger partial charge in [-0.3, -0.25) is 24.5 Å². The van der Waals surface area contributed by atoms with E-state index >= 15 is 0 Å². The van der Waals surface area contributed by atoms with E-state index in [-0.39, 0.29) is 17.2 Å². The van der Waals surface area contributed by atoms with E-state index in [2.05, 4.69) is 0 Å². The van der Waals surface area contributed by atoms with Crippen LogP contribution in [-0.2, 0) is 9.59 Å². The van der Waals surface area contributed by atoms with Crippen molar-refractivity contribution in [2.24, 2.45) is 11.8 Å². The standard InChI is InChI=1S/C27H18ClN3O5/c28-17-10-8-16(9-11-17)25(32)24-22-21(23-20-7-2-1-4-15(20)12-13-29(23)24)26(33)30(27(22)34)18-5-3-6-19(14-18)31(35)36/h1-14,21-24H/t21-,22+,23-,24-/m0/s1. The van der Waals surface area contributed by atoms with E-state index in [1.807, 2.05) is 35.2 Å². The minimum atomic E-state index is -0.958. The Morgan fingerprint density at radius 2 is 1.64 bits per heavy atom. The smallest absolute Gasteiger partial charge is 0.271 e. The first-order valence-corrected chi connectivity index (χ1v) is 11.7. The molecular weight excluding hydrogens is 482 g/mol. The normalized spacial score (nSPS) is 23.9. The van der Waals surface area contributed by atoms with Gasteiger partial charge >= 0.3 is 0 Å². The molecule has 3 aliphatic rings. The van der Waals surface area contributed by atoms with Crippen molar-refractivity contribution in [3.05, 3.63) is 111 Å². The van der Waals surface area contributed by atoms with Crippen molar-refractivity contribution in [1.29, 1.82) is 0 Å². The van der Waals surface area contributed by atoms with Crippen LogP contribution in [0.2, 0.25) is 5.02 Å². The highest BCUT2D eigenvalue weighted by Gasteiger charge is 2.64. The quantitative estimate of drug-likeness (QED) is 0.224. The van der Waals surface area contributed by atoms with E-state index in [1.54, 1.807) is 30.5 Å². The van der Waals surface area contributed by atoms with Gasteiger partial charge < -0.3 is 4.90 Å². The number of anilines is 1. The van der Waals surface area contributed by atoms with Gasteiger partial charge in [0.05, 0.1) is 28.5 Å². The molecule has 6 rings (SSSR count). The Bertz CT molecular complexity index is 1480. The number of non-ortho nitro benzene ring substituents is 1. The summed E-state index contributed by atoms with van der Waals surface area (Å²) in [6.45, 7) is 0. The van der Waals surface area contributed by atoms with Crippen LogP contribution in [0.4, 0.5) is 11.4 Å². The third-order valence-electron chi connectivity index (χ3n) is 7.16. The van der Waals surface area contributed by atoms with Crippen molar-refractivity contribution < 1.29 is 19.3 Å². The number of ketones is 1. The molecule has 8 nitrogen and oxygen atoms in total. The van der Waals surface area contributed by atoms with Crippen LogP contribution in [0.25, 0.3) is 6.08 Å². The van der Waals surface area contributed by atoms with Gasteiger partial charge in [-0.15, -0.1) is 0 Å². The van der Waals surface area contributed by atoms with Crippen molar-refractivity contribution in [1.82, 2.24) is 4.90 Å². The van der Waals surface area contributed by atoms with Crippen LogP contribution in [0.1, 0.15) is 27.5 Å². The van der Waals surface area contributed by atoms with Gasteiger partial charge in [-0.25, -0.2) is 4.90 Å². The predicted molar refractivity (Wildman–Crippen MR) is 132 cm³/mol. The molecule has 0 N–H and O–H groups in total. The van der Waals surface area contributed by atoms with Crippen molar-refractivity contribution in [3.8, 4) is 0 Å². The maximum absolute atomic E-state index is 13.8. The van der Waals surface area contributed by atoms with Crippen LogP contribution in [0.15, 0.2) is 79.0 Å². The van der Waals surface area contributed by atoms with Crippen LogP contribution < -0.4 is 4.90 Å². The summed E-state index contributed by atoms with van der Waals surface area (Å²) in [6.07, 6.45) is 3.66. The molecule has 0 aromatic heterocycles. The predicted octanol–water partition coefficient (Wildman–Crippen LogP) is 4.65. The topological polar surface area (TPSA) is 101 Å². The van der Waals surface area contributed by atoms with Crippen LogP contribution >= 0.6 is 11.6 Å². The minimum absolute atomic E-state index is 0.123. The third kappa shape index (κ3) is 3.18. The zero-order valence-corrected chi connectivity index (χ0v) is 19.4. The number of nitro groups is 1. The number of hydrogen-bond acceptors (Lipinski definition) is 6. The molecule has 0 spiro atoms. The number of carbonyl (C=O) groups is 3. The number of amides is 2. The van der Waals surface area contributed by atoms with Gasteiger partial charge in [-0.1, -0.05) is 41.9 Å². The summed E-state index contributed by atoms with van der Waals surface area (Å²) >= 11 is 6.01. The van der Waals surface area contributed by atoms with E-state index < -0.39 is 40.7 Å². The number of carbonyl (C=O) groups excluding carboxylic acids is 3. The molecule has 36 heavy (non-hydrogen) atoms. The van der Waals surface area contributed by atoms with Gasteiger partial charge in [-0.05, 0) is 47.5 Å². The van der Waals surface area contributed by atoms with Crippen LogP contribution in [0.3, 0.4) is 0 Å². The Morgan fingerprint density at radius 3 is 2.39 bits per heavy atom. The lowest BCUT2D eigenvalue weighted by molar-refractivity contribution is -0.384. The van der Waals surface area contributed by atoms with Crippen molar-refractivity contribution in [3.63, 3.8) is 0 Å². The van der Waals surface area contributed by atoms with Crippen LogP contribution in [-0.4, -0.2) is 33.5 Å². The Balaban J connectivity index is 1.49. The molecular formula is C27H18ClN3O5. The number of fused-ring (bicyclic) bond motifs is 5. The van der Waals surface area contributed by atoms with Crippen LogP contribution in [0, 0.1) is 22.0 Å². The zero-order valence-electron chi connectivity index (χ0n) is 18.7. The Kier molecular flexibility index (Phi) is 5.01. The molecule has 0 bridgehead atoms. The summed E-state index contributed by atoms with van der Waals surface area (Å²) in [6, 6.07) is 18.0. The summed E-state index contributed by atoms with van der Waals surface area (Å²) in [5, 5.41) is 11.8. The van der Waals surface area contributed by atoms with E-state index in [1.165, 1.54) is 24.3 Å². The minimum Gasteiger partial charge on any atom is -0.358 e. The second-order valence-electron chi connectivity index (χ2n) is 8.99. The highest BCUT2D eigenvalue weighted by molar-refractivity contribution is 6.30. The van der Waals surface area contributed by atoms with Gasteiger partial charge in [0.15, 0.2) is 5.78 Å². The molecule has 3 aliphatic heterocycles. The molecule has 4 atom stereocenters. The molecule has 3 aromatic carbocycles. The molecule has 3 aromatic rings. The molecule has 0 unspecified atom stereocenters. The van der Waals surface area contributed by atoms with Gasteiger partial charge in [0, 0.05) is 28.9 Å². The monoisotopic (exact) mass is 499 g/mol. The molecule has 0 aliphatic carbocycles. The lowest BCUT2D eigenvalue weighted by Gasteiger charge is -2.35. The number of halogens is 1. The van der Waals surface area contributed by atoms with E-state index in [9.17, 15) is 24.5 Å². The highest BCUT2D eigenvalue weighted by Crippen LogP contribution is 2.53. The molecule has 3 heterocycles. The number of nitro benzene ring substituents is 1. The lowest BCUT2D eigenvalue weighted by Crippen LogP contribution is -2.44. The average Bonchev–Trinajstić information content (AvgIpc) is 3.36. The number of imide groups is 1. The van der Waals surface area contributed by atoms with E-state index in [0.29, 0.717) is 10.6 Å². The second kappa shape index (κ2) is 8.13. The Hall–Kier alpha value is -4.30. The second-order valence-corrected chi connectivity index (χ2v) is 9.43.